The Bertz CT molecular complexity index is 594. The van der Waals surface area contributed by atoms with E-state index in [0.29, 0.717) is 11.7 Å². The molecule has 104 valence electrons. The first-order valence-corrected chi connectivity index (χ1v) is 8.86. The summed E-state index contributed by atoms with van der Waals surface area (Å²) in [5.74, 6) is 0.938. The zero-order valence-electron chi connectivity index (χ0n) is 11.1. The van der Waals surface area contributed by atoms with Crippen molar-refractivity contribution in [2.24, 2.45) is 0 Å². The van der Waals surface area contributed by atoms with Gasteiger partial charge >= 0.3 is 0 Å². The van der Waals surface area contributed by atoms with Crippen molar-refractivity contribution >= 4 is 9.84 Å². The summed E-state index contributed by atoms with van der Waals surface area (Å²) < 4.78 is 22.9. The zero-order chi connectivity index (χ0) is 13.5. The Hall–Kier alpha value is -1.01. The van der Waals surface area contributed by atoms with Gasteiger partial charge in [-0.3, -0.25) is 0 Å². The smallest absolute Gasteiger partial charge is 0.154 e. The second-order valence-electron chi connectivity index (χ2n) is 5.58. The standard InChI is InChI=1S/C13H19N3O2S/c1-19(17,18)8-12-15-11-5-6-14-7-10(11)13(16-12)9-3-2-4-9/h9,14H,2-8H2,1H3. The first-order valence-electron chi connectivity index (χ1n) is 6.80. The molecule has 5 nitrogen and oxygen atoms in total. The predicted molar refractivity (Wildman–Crippen MR) is 72.6 cm³/mol. The van der Waals surface area contributed by atoms with Gasteiger partial charge in [-0.1, -0.05) is 6.42 Å². The molecule has 0 saturated heterocycles. The van der Waals surface area contributed by atoms with Gasteiger partial charge in [0.1, 0.15) is 11.6 Å². The van der Waals surface area contributed by atoms with Crippen LogP contribution in [0.4, 0.5) is 0 Å². The van der Waals surface area contributed by atoms with Crippen molar-refractivity contribution in [3.8, 4) is 0 Å². The molecule has 0 amide bonds. The van der Waals surface area contributed by atoms with Crippen molar-refractivity contribution in [1.82, 2.24) is 15.3 Å². The fourth-order valence-electron chi connectivity index (χ4n) is 2.74. The Kier molecular flexibility index (Phi) is 3.30. The van der Waals surface area contributed by atoms with Crippen LogP contribution in [0.3, 0.4) is 0 Å². The van der Waals surface area contributed by atoms with Gasteiger partial charge in [-0.15, -0.1) is 0 Å². The largest absolute Gasteiger partial charge is 0.312 e. The molecule has 1 fully saturated rings. The molecule has 0 radical (unpaired) electrons. The van der Waals surface area contributed by atoms with E-state index < -0.39 is 9.84 Å². The fraction of sp³-hybridized carbons (Fsp3) is 0.692. The van der Waals surface area contributed by atoms with E-state index >= 15 is 0 Å². The SMILES string of the molecule is CS(=O)(=O)Cc1nc2c(c(C3CCC3)n1)CNCC2. The maximum atomic E-state index is 11.4. The van der Waals surface area contributed by atoms with E-state index in [1.807, 2.05) is 0 Å². The monoisotopic (exact) mass is 281 g/mol. The summed E-state index contributed by atoms with van der Waals surface area (Å²) in [5, 5.41) is 3.35. The van der Waals surface area contributed by atoms with E-state index in [1.54, 1.807) is 0 Å². The molecule has 1 saturated carbocycles. The molecule has 0 unspecified atom stereocenters. The van der Waals surface area contributed by atoms with Crippen LogP contribution in [0.1, 0.15) is 48.0 Å². The molecule has 1 aromatic rings. The third-order valence-electron chi connectivity index (χ3n) is 3.89. The molecule has 1 aliphatic carbocycles. The van der Waals surface area contributed by atoms with E-state index in [-0.39, 0.29) is 5.75 Å². The van der Waals surface area contributed by atoms with Crippen LogP contribution in [-0.2, 0) is 28.6 Å². The molecule has 2 aliphatic rings. The normalized spacial score (nSPS) is 19.8. The van der Waals surface area contributed by atoms with Crippen LogP contribution in [-0.4, -0.2) is 31.2 Å². The van der Waals surface area contributed by atoms with Crippen LogP contribution in [0.2, 0.25) is 0 Å². The first kappa shape index (κ1) is 13.0. The minimum absolute atomic E-state index is 0.0482. The predicted octanol–water partition coefficient (Wildman–Crippen LogP) is 0.934. The number of nitrogens with zero attached hydrogens (tertiary/aromatic N) is 2. The van der Waals surface area contributed by atoms with Gasteiger partial charge in [-0.25, -0.2) is 18.4 Å². The van der Waals surface area contributed by atoms with Crippen molar-refractivity contribution in [1.29, 1.82) is 0 Å². The van der Waals surface area contributed by atoms with E-state index in [1.165, 1.54) is 31.1 Å². The van der Waals surface area contributed by atoms with Crippen molar-refractivity contribution < 1.29 is 8.42 Å². The highest BCUT2D eigenvalue weighted by molar-refractivity contribution is 7.89. The van der Waals surface area contributed by atoms with E-state index in [0.717, 1.165) is 30.9 Å². The van der Waals surface area contributed by atoms with Crippen LogP contribution in [0, 0.1) is 0 Å². The Morgan fingerprint density at radius 1 is 1.32 bits per heavy atom. The third-order valence-corrected chi connectivity index (χ3v) is 4.68. The highest BCUT2D eigenvalue weighted by Crippen LogP contribution is 2.38. The Balaban J connectivity index is 2.02. The highest BCUT2D eigenvalue weighted by atomic mass is 32.2. The number of nitrogens with one attached hydrogen (secondary N) is 1. The zero-order valence-corrected chi connectivity index (χ0v) is 12.0. The quantitative estimate of drug-likeness (QED) is 0.892. The van der Waals surface area contributed by atoms with Crippen molar-refractivity contribution in [3.63, 3.8) is 0 Å². The summed E-state index contributed by atoms with van der Waals surface area (Å²) in [7, 11) is -3.08. The molecule has 0 aromatic carbocycles. The Morgan fingerprint density at radius 2 is 2.11 bits per heavy atom. The topological polar surface area (TPSA) is 72.0 Å². The Labute approximate surface area is 113 Å². The number of rotatable bonds is 3. The summed E-state index contributed by atoms with van der Waals surface area (Å²) in [6.45, 7) is 1.73. The van der Waals surface area contributed by atoms with Crippen LogP contribution in [0.5, 0.6) is 0 Å². The molecular weight excluding hydrogens is 262 g/mol. The molecule has 0 bridgehead atoms. The number of hydrogen-bond acceptors (Lipinski definition) is 5. The van der Waals surface area contributed by atoms with Crippen molar-refractivity contribution in [3.05, 3.63) is 22.8 Å². The number of aromatic nitrogens is 2. The van der Waals surface area contributed by atoms with Crippen LogP contribution >= 0.6 is 0 Å². The molecule has 0 spiro atoms. The fourth-order valence-corrected chi connectivity index (χ4v) is 3.34. The lowest BCUT2D eigenvalue weighted by Gasteiger charge is -2.29. The van der Waals surface area contributed by atoms with Gasteiger partial charge in [0, 0.05) is 37.2 Å². The molecule has 0 atom stereocenters. The second-order valence-corrected chi connectivity index (χ2v) is 7.72. The van der Waals surface area contributed by atoms with E-state index in [4.69, 9.17) is 0 Å². The first-order chi connectivity index (χ1) is 9.03. The van der Waals surface area contributed by atoms with Crippen LogP contribution in [0.15, 0.2) is 0 Å². The summed E-state index contributed by atoms with van der Waals surface area (Å²) in [5.41, 5.74) is 3.37. The highest BCUT2D eigenvalue weighted by Gasteiger charge is 2.27. The molecule has 1 N–H and O–H groups in total. The third kappa shape index (κ3) is 2.79. The molecule has 1 aromatic heterocycles. The maximum Gasteiger partial charge on any atom is 0.154 e. The van der Waals surface area contributed by atoms with Gasteiger partial charge in [0.2, 0.25) is 0 Å². The molecule has 1 aliphatic heterocycles. The van der Waals surface area contributed by atoms with E-state index in [9.17, 15) is 8.42 Å². The minimum atomic E-state index is -3.08. The van der Waals surface area contributed by atoms with Gasteiger partial charge in [0.05, 0.1) is 11.4 Å². The average Bonchev–Trinajstić information content (AvgIpc) is 2.24. The lowest BCUT2D eigenvalue weighted by molar-refractivity contribution is 0.402. The summed E-state index contributed by atoms with van der Waals surface area (Å²) >= 11 is 0. The molecular formula is C13H19N3O2S. The summed E-state index contributed by atoms with van der Waals surface area (Å²) in [6.07, 6.45) is 5.69. The molecule has 6 heteroatoms. The summed E-state index contributed by atoms with van der Waals surface area (Å²) in [4.78, 5) is 9.03. The van der Waals surface area contributed by atoms with Crippen molar-refractivity contribution in [2.45, 2.75) is 43.9 Å². The van der Waals surface area contributed by atoms with Gasteiger partial charge in [-0.05, 0) is 12.8 Å². The average molecular weight is 281 g/mol. The van der Waals surface area contributed by atoms with Gasteiger partial charge < -0.3 is 5.32 Å². The molecule has 3 rings (SSSR count). The van der Waals surface area contributed by atoms with E-state index in [2.05, 4.69) is 15.3 Å². The molecule has 2 heterocycles. The Morgan fingerprint density at radius 3 is 2.74 bits per heavy atom. The lowest BCUT2D eigenvalue weighted by Crippen LogP contribution is -2.29. The van der Waals surface area contributed by atoms with Gasteiger partial charge in [-0.2, -0.15) is 0 Å². The van der Waals surface area contributed by atoms with Crippen molar-refractivity contribution in [2.75, 3.05) is 12.8 Å². The van der Waals surface area contributed by atoms with Gasteiger partial charge in [0.15, 0.2) is 9.84 Å². The lowest BCUT2D eigenvalue weighted by atomic mass is 9.80. The van der Waals surface area contributed by atoms with Gasteiger partial charge in [0.25, 0.3) is 0 Å². The second kappa shape index (κ2) is 4.83. The number of hydrogen-bond donors (Lipinski definition) is 1. The number of sulfone groups is 1. The van der Waals surface area contributed by atoms with Crippen LogP contribution < -0.4 is 5.32 Å². The van der Waals surface area contributed by atoms with Crippen LogP contribution in [0.25, 0.3) is 0 Å². The minimum Gasteiger partial charge on any atom is -0.312 e. The maximum absolute atomic E-state index is 11.4. The number of fused-ring (bicyclic) bond motifs is 1. The summed E-state index contributed by atoms with van der Waals surface area (Å²) in [6, 6.07) is 0. The molecule has 19 heavy (non-hydrogen) atoms.